The molecule has 0 fully saturated rings. The van der Waals surface area contributed by atoms with Gasteiger partial charge >= 0.3 is 23.9 Å². The molecule has 1 atom stereocenters. The van der Waals surface area contributed by atoms with Gasteiger partial charge in [-0.1, -0.05) is 45.8 Å². The number of hydrogen-bond donors (Lipinski definition) is 4. The minimum Gasteiger partial charge on any atom is -0.492 e. The number of nitrogens with zero attached hydrogens (tertiary/aromatic N) is 3. The number of carbonyl (C=O) groups is 4. The van der Waals surface area contributed by atoms with E-state index in [9.17, 15) is 19.2 Å². The number of carboxylic acid groups (broad SMARTS) is 3. The molecule has 0 bridgehead atoms. The molecule has 0 saturated heterocycles. The number of alkyl halides is 1. The third-order valence-electron chi connectivity index (χ3n) is 4.93. The van der Waals surface area contributed by atoms with Crippen LogP contribution < -0.4 is 4.74 Å². The van der Waals surface area contributed by atoms with E-state index in [1.807, 2.05) is 33.0 Å². The average Bonchev–Trinajstić information content (AvgIpc) is 2.78. The number of amides is 2. The Morgan fingerprint density at radius 2 is 1.45 bits per heavy atom. The van der Waals surface area contributed by atoms with Gasteiger partial charge in [0.05, 0.1) is 19.4 Å². The summed E-state index contributed by atoms with van der Waals surface area (Å²) >= 11 is 14.2. The molecule has 15 heteroatoms. The zero-order valence-electron chi connectivity index (χ0n) is 21.6. The van der Waals surface area contributed by atoms with Crippen molar-refractivity contribution in [1.29, 1.82) is 0 Å². The molecule has 0 aliphatic carbocycles. The molecule has 38 heavy (non-hydrogen) atoms. The summed E-state index contributed by atoms with van der Waals surface area (Å²) in [6.45, 7) is 4.43. The molecule has 0 saturated carbocycles. The van der Waals surface area contributed by atoms with Crippen LogP contribution in [0.15, 0.2) is 18.2 Å². The van der Waals surface area contributed by atoms with Gasteiger partial charge < -0.3 is 39.9 Å². The third-order valence-corrected chi connectivity index (χ3v) is 6.64. The number of likely N-dealkylation sites (N-methyl/N-ethyl adjacent to an activating group) is 2. The molecule has 0 aliphatic heterocycles. The van der Waals surface area contributed by atoms with Crippen molar-refractivity contribution >= 4 is 69.7 Å². The fourth-order valence-corrected chi connectivity index (χ4v) is 3.82. The van der Waals surface area contributed by atoms with Gasteiger partial charge in [0.15, 0.2) is 5.60 Å². The van der Waals surface area contributed by atoms with Crippen LogP contribution in [0.3, 0.4) is 0 Å². The maximum absolute atomic E-state index is 12.7. The molecule has 0 radical (unpaired) electrons. The number of rotatable bonds is 14. The highest BCUT2D eigenvalue weighted by molar-refractivity contribution is 14.1. The first-order chi connectivity index (χ1) is 17.5. The molecule has 12 nitrogen and oxygen atoms in total. The molecule has 1 unspecified atom stereocenters. The van der Waals surface area contributed by atoms with Crippen molar-refractivity contribution in [2.75, 3.05) is 51.8 Å². The second-order valence-corrected chi connectivity index (χ2v) is 10.4. The molecular weight excluding hydrogens is 660 g/mol. The maximum Gasteiger partial charge on any atom is 0.336 e. The topological polar surface area (TPSA) is 168 Å². The summed E-state index contributed by atoms with van der Waals surface area (Å²) in [5, 5.41) is 34.9. The molecule has 4 N–H and O–H groups in total. The van der Waals surface area contributed by atoms with Crippen LogP contribution in [0.2, 0.25) is 10.0 Å². The number of benzene rings is 1. The lowest BCUT2D eigenvalue weighted by Crippen LogP contribution is -2.49. The van der Waals surface area contributed by atoms with Crippen LogP contribution in [-0.2, 0) is 14.4 Å². The van der Waals surface area contributed by atoms with Crippen LogP contribution in [-0.4, -0.2) is 123 Å². The standard InChI is InChI=1S/C17H26Cl2IN3O2.C6H8O7/c1-13(12-20)23(17(24)22(4)6-5-21(2)3)7-8-25-16-10-14(18)9-15(19)11-16;7-3(8)1-6(13,5(11)12)2-4(9)10/h9-11,13H,5-8,12H2,1-4H3;13H,1-2H2,(H,7,8)(H,9,10)(H,11,12). The summed E-state index contributed by atoms with van der Waals surface area (Å²) in [6, 6.07) is 5.22. The quantitative estimate of drug-likeness (QED) is 0.168. The van der Waals surface area contributed by atoms with E-state index in [2.05, 4.69) is 27.5 Å². The Kier molecular flexibility index (Phi) is 16.6. The van der Waals surface area contributed by atoms with Crippen LogP contribution in [0.5, 0.6) is 5.75 Å². The van der Waals surface area contributed by atoms with Gasteiger partial charge in [0, 0.05) is 40.7 Å². The van der Waals surface area contributed by atoms with Crippen LogP contribution in [0.4, 0.5) is 4.79 Å². The number of aliphatic carboxylic acids is 3. The van der Waals surface area contributed by atoms with Crippen molar-refractivity contribution in [3.8, 4) is 5.75 Å². The first-order valence-corrected chi connectivity index (χ1v) is 13.5. The maximum atomic E-state index is 12.7. The lowest BCUT2D eigenvalue weighted by molar-refractivity contribution is -0.170. The molecule has 216 valence electrons. The van der Waals surface area contributed by atoms with Crippen molar-refractivity contribution in [1.82, 2.24) is 14.7 Å². The molecule has 0 spiro atoms. The van der Waals surface area contributed by atoms with Crippen molar-refractivity contribution in [3.05, 3.63) is 28.2 Å². The highest BCUT2D eigenvalue weighted by atomic mass is 127. The predicted molar refractivity (Wildman–Crippen MR) is 151 cm³/mol. The Labute approximate surface area is 245 Å². The monoisotopic (exact) mass is 693 g/mol. The first-order valence-electron chi connectivity index (χ1n) is 11.2. The summed E-state index contributed by atoms with van der Waals surface area (Å²) in [6.07, 6.45) is -2.29. The molecule has 2 amide bonds. The van der Waals surface area contributed by atoms with Gasteiger partial charge in [-0.3, -0.25) is 9.59 Å². The van der Waals surface area contributed by atoms with E-state index in [1.54, 1.807) is 23.1 Å². The lowest BCUT2D eigenvalue weighted by Gasteiger charge is -2.32. The minimum absolute atomic E-state index is 0.0127. The van der Waals surface area contributed by atoms with Crippen LogP contribution in [0.1, 0.15) is 19.8 Å². The van der Waals surface area contributed by atoms with Gasteiger partial charge in [-0.2, -0.15) is 0 Å². The summed E-state index contributed by atoms with van der Waals surface area (Å²) < 4.78 is 6.58. The fraction of sp³-hybridized carbons (Fsp3) is 0.565. The number of halogens is 3. The van der Waals surface area contributed by atoms with Crippen molar-refractivity contribution in [2.45, 2.75) is 31.4 Å². The Morgan fingerprint density at radius 1 is 0.947 bits per heavy atom. The van der Waals surface area contributed by atoms with Crippen molar-refractivity contribution in [3.63, 3.8) is 0 Å². The summed E-state index contributed by atoms with van der Waals surface area (Å²) in [4.78, 5) is 48.9. The second kappa shape index (κ2) is 17.5. The average molecular weight is 694 g/mol. The Morgan fingerprint density at radius 3 is 1.84 bits per heavy atom. The number of ether oxygens (including phenoxy) is 1. The largest absolute Gasteiger partial charge is 0.492 e. The molecular formula is C23H34Cl2IN3O9. The van der Waals surface area contributed by atoms with E-state index < -0.39 is 36.4 Å². The number of aliphatic hydroxyl groups is 1. The molecule has 1 aromatic carbocycles. The van der Waals surface area contributed by atoms with Gasteiger partial charge in [-0.15, -0.1) is 0 Å². The SMILES string of the molecule is CC(CI)N(CCOc1cc(Cl)cc(Cl)c1)C(=O)N(C)CCN(C)C.O=C(O)CC(O)(CC(=O)O)C(=O)O. The van der Waals surface area contributed by atoms with E-state index >= 15 is 0 Å². The Balaban J connectivity index is 0.000000889. The minimum atomic E-state index is -2.74. The number of urea groups is 1. The van der Waals surface area contributed by atoms with Crippen LogP contribution in [0.25, 0.3) is 0 Å². The van der Waals surface area contributed by atoms with Gasteiger partial charge in [-0.25, -0.2) is 9.59 Å². The van der Waals surface area contributed by atoms with E-state index in [1.165, 1.54) is 0 Å². The van der Waals surface area contributed by atoms with Gasteiger partial charge in [0.2, 0.25) is 0 Å². The lowest BCUT2D eigenvalue weighted by atomic mass is 9.96. The second-order valence-electron chi connectivity index (χ2n) is 8.64. The number of hydrogen-bond acceptors (Lipinski definition) is 7. The van der Waals surface area contributed by atoms with Gasteiger partial charge in [-0.05, 0) is 39.2 Å². The van der Waals surface area contributed by atoms with Gasteiger partial charge in [0.1, 0.15) is 12.4 Å². The van der Waals surface area contributed by atoms with E-state index in [0.29, 0.717) is 35.5 Å². The zero-order chi connectivity index (χ0) is 29.6. The first kappa shape index (κ1) is 35.9. The van der Waals surface area contributed by atoms with Crippen molar-refractivity contribution < 1.29 is 44.3 Å². The highest BCUT2D eigenvalue weighted by Crippen LogP contribution is 2.24. The van der Waals surface area contributed by atoms with Crippen LogP contribution in [0, 0.1) is 0 Å². The normalized spacial score (nSPS) is 11.7. The van der Waals surface area contributed by atoms with E-state index in [0.717, 1.165) is 11.0 Å². The van der Waals surface area contributed by atoms with Crippen molar-refractivity contribution in [2.24, 2.45) is 0 Å². The molecule has 0 heterocycles. The predicted octanol–water partition coefficient (Wildman–Crippen LogP) is 2.86. The Bertz CT molecular complexity index is 916. The summed E-state index contributed by atoms with van der Waals surface area (Å²) in [7, 11) is 5.82. The Hall–Kier alpha value is -2.07. The number of carbonyl (C=O) groups excluding carboxylic acids is 1. The van der Waals surface area contributed by atoms with E-state index in [-0.39, 0.29) is 12.1 Å². The summed E-state index contributed by atoms with van der Waals surface area (Å²) in [5.41, 5.74) is -2.74. The van der Waals surface area contributed by atoms with Crippen LogP contribution >= 0.6 is 45.8 Å². The number of carboxylic acids is 3. The third kappa shape index (κ3) is 14.2. The molecule has 1 aromatic rings. The summed E-state index contributed by atoms with van der Waals surface area (Å²) in [5.74, 6) is -4.41. The highest BCUT2D eigenvalue weighted by Gasteiger charge is 2.40. The van der Waals surface area contributed by atoms with Gasteiger partial charge in [0.25, 0.3) is 0 Å². The molecule has 0 aliphatic rings. The molecule has 1 rings (SSSR count). The molecule has 0 aromatic heterocycles. The fourth-order valence-electron chi connectivity index (χ4n) is 2.84. The van der Waals surface area contributed by atoms with E-state index in [4.69, 9.17) is 48.4 Å². The smallest absolute Gasteiger partial charge is 0.336 e. The zero-order valence-corrected chi connectivity index (χ0v) is 25.2.